The van der Waals surface area contributed by atoms with E-state index in [2.05, 4.69) is 62.5 Å². The van der Waals surface area contributed by atoms with Crippen LogP contribution in [-0.2, 0) is 0 Å². The van der Waals surface area contributed by atoms with Crippen molar-refractivity contribution in [3.63, 3.8) is 0 Å². The van der Waals surface area contributed by atoms with Gasteiger partial charge < -0.3 is 20.4 Å². The molecule has 7 heteroatoms. The third kappa shape index (κ3) is 4.25. The quantitative estimate of drug-likeness (QED) is 0.218. The topological polar surface area (TPSA) is 89.9 Å². The Balaban J connectivity index is 1.34. The lowest BCUT2D eigenvalue weighted by atomic mass is 9.32. The fraction of sp³-hybridized carbons (Fsp3) is 0.632. The Morgan fingerprint density at radius 3 is 2.49 bits per heavy atom. The van der Waals surface area contributed by atoms with Crippen LogP contribution >= 0.6 is 11.3 Å². The fourth-order valence-electron chi connectivity index (χ4n) is 11.0. The van der Waals surface area contributed by atoms with Crippen molar-refractivity contribution in [1.29, 1.82) is 0 Å². The van der Waals surface area contributed by atoms with Crippen molar-refractivity contribution in [1.82, 2.24) is 10.2 Å². The number of carbonyl (C=O) groups is 2. The summed E-state index contributed by atoms with van der Waals surface area (Å²) >= 11 is 1.57. The highest BCUT2D eigenvalue weighted by molar-refractivity contribution is 7.21. The molecule has 6 aliphatic carbocycles. The lowest BCUT2D eigenvalue weighted by Crippen LogP contribution is -2.67. The maximum absolute atomic E-state index is 14.9. The molecule has 6 aliphatic rings. The summed E-state index contributed by atoms with van der Waals surface area (Å²) in [6.07, 6.45) is 13.0. The summed E-state index contributed by atoms with van der Waals surface area (Å²) in [6, 6.07) is 10.2. The van der Waals surface area contributed by atoms with Gasteiger partial charge in [0, 0.05) is 39.1 Å². The Bertz CT molecular complexity index is 1560. The number of carbonyl (C=O) groups excluding carboxylic acids is 2. The smallest absolute Gasteiger partial charge is 0.317 e. The van der Waals surface area contributed by atoms with Crippen LogP contribution in [0.4, 0.5) is 4.79 Å². The lowest BCUT2D eigenvalue weighted by Gasteiger charge is -2.71. The van der Waals surface area contributed by atoms with Gasteiger partial charge in [0.05, 0.1) is 23.1 Å². The summed E-state index contributed by atoms with van der Waals surface area (Å²) in [4.78, 5) is 30.8. The Morgan fingerprint density at radius 1 is 1.04 bits per heavy atom. The number of aliphatic hydroxyl groups excluding tert-OH is 1. The monoisotopic (exact) mass is 630 g/mol. The van der Waals surface area contributed by atoms with E-state index in [9.17, 15) is 19.8 Å². The average molecular weight is 631 g/mol. The number of fused-ring (bicyclic) bond motifs is 2. The minimum absolute atomic E-state index is 0.0185. The van der Waals surface area contributed by atoms with Gasteiger partial charge >= 0.3 is 6.03 Å². The van der Waals surface area contributed by atoms with Crippen LogP contribution < -0.4 is 5.32 Å². The van der Waals surface area contributed by atoms with Crippen LogP contribution in [0, 0.1) is 33.5 Å². The minimum atomic E-state index is -1.06. The summed E-state index contributed by atoms with van der Waals surface area (Å²) in [7, 11) is 0. The van der Waals surface area contributed by atoms with E-state index >= 15 is 0 Å². The second-order valence-electron chi connectivity index (χ2n) is 15.8. The Kier molecular flexibility index (Phi) is 7.28. The summed E-state index contributed by atoms with van der Waals surface area (Å²) in [5.74, 6) is 0.418. The van der Waals surface area contributed by atoms with Crippen molar-refractivity contribution in [3.8, 4) is 0 Å². The van der Waals surface area contributed by atoms with Crippen LogP contribution in [0.2, 0.25) is 0 Å². The highest BCUT2D eigenvalue weighted by Crippen LogP contribution is 2.78. The third-order valence-electron chi connectivity index (χ3n) is 13.3. The lowest BCUT2D eigenvalue weighted by molar-refractivity contribution is -0.174. The van der Waals surface area contributed by atoms with Crippen LogP contribution in [0.15, 0.2) is 54.1 Å². The molecule has 6 nitrogen and oxygen atoms in total. The highest BCUT2D eigenvalue weighted by Gasteiger charge is 2.74. The molecule has 8 rings (SSSR count). The molecule has 2 amide bonds. The van der Waals surface area contributed by atoms with Gasteiger partial charge in [-0.1, -0.05) is 57.2 Å². The molecule has 242 valence electrons. The highest BCUT2D eigenvalue weighted by atomic mass is 32.1. The number of urea groups is 1. The molecule has 1 unspecified atom stereocenters. The number of hydrogen-bond acceptors (Lipinski definition) is 5. The van der Waals surface area contributed by atoms with Crippen molar-refractivity contribution in [2.24, 2.45) is 33.5 Å². The van der Waals surface area contributed by atoms with E-state index in [1.54, 1.807) is 11.3 Å². The molecule has 2 spiro atoms. The molecule has 1 aromatic carbocycles. The SMILES string of the molecule is CCCN(C[C@]1(O)CC[C@H]2[C@]34C=C[C@@]5(C=C3C(=O)c3cc6ccccc6s3)CC(O)CC[C@]5(C)[C@H]4CC[C@@]21C)C(=O)NC(C)C. The van der Waals surface area contributed by atoms with Crippen LogP contribution in [0.3, 0.4) is 0 Å². The van der Waals surface area contributed by atoms with E-state index in [1.807, 2.05) is 30.9 Å². The predicted molar refractivity (Wildman–Crippen MR) is 180 cm³/mol. The Labute approximate surface area is 272 Å². The molecule has 0 aliphatic heterocycles. The summed E-state index contributed by atoms with van der Waals surface area (Å²) in [6.45, 7) is 11.6. The maximum atomic E-state index is 14.9. The van der Waals surface area contributed by atoms with E-state index in [0.29, 0.717) is 25.9 Å². The van der Waals surface area contributed by atoms with Crippen LogP contribution in [0.1, 0.15) is 95.7 Å². The van der Waals surface area contributed by atoms with E-state index in [-0.39, 0.29) is 46.6 Å². The van der Waals surface area contributed by atoms with E-state index in [1.165, 1.54) is 0 Å². The molecule has 45 heavy (non-hydrogen) atoms. The van der Waals surface area contributed by atoms with Gasteiger partial charge in [0.15, 0.2) is 5.78 Å². The molecule has 3 fully saturated rings. The van der Waals surface area contributed by atoms with Gasteiger partial charge in [-0.3, -0.25) is 4.79 Å². The molecule has 1 heterocycles. The molecule has 0 radical (unpaired) electrons. The molecule has 1 aromatic heterocycles. The van der Waals surface area contributed by atoms with Crippen molar-refractivity contribution in [2.45, 2.75) is 104 Å². The molecule has 3 N–H and O–H groups in total. The van der Waals surface area contributed by atoms with Crippen molar-refractivity contribution >= 4 is 33.2 Å². The van der Waals surface area contributed by atoms with Gasteiger partial charge in [0.1, 0.15) is 0 Å². The normalized spacial score (nSPS) is 39.7. The first-order valence-electron chi connectivity index (χ1n) is 17.3. The van der Waals surface area contributed by atoms with Gasteiger partial charge in [-0.05, 0) is 100.0 Å². The number of ketones is 1. The van der Waals surface area contributed by atoms with Gasteiger partial charge in [-0.2, -0.15) is 0 Å². The largest absolute Gasteiger partial charge is 0.393 e. The zero-order chi connectivity index (χ0) is 32.0. The number of nitrogens with one attached hydrogen (secondary N) is 1. The number of nitrogens with zero attached hydrogens (tertiary/aromatic N) is 1. The zero-order valence-electron chi connectivity index (χ0n) is 27.6. The predicted octanol–water partition coefficient (Wildman–Crippen LogP) is 7.51. The van der Waals surface area contributed by atoms with Gasteiger partial charge in [0.25, 0.3) is 0 Å². The number of thiophene rings is 1. The van der Waals surface area contributed by atoms with Crippen molar-refractivity contribution < 1.29 is 19.8 Å². The second kappa shape index (κ2) is 10.5. The molecular formula is C38H50N2O4S. The molecule has 2 bridgehead atoms. The molecular weight excluding hydrogens is 580 g/mol. The van der Waals surface area contributed by atoms with Gasteiger partial charge in [0.2, 0.25) is 0 Å². The van der Waals surface area contributed by atoms with Crippen LogP contribution in [0.5, 0.6) is 0 Å². The molecule has 3 saturated carbocycles. The standard InChI is InChI=1S/C38H50N2O4S/c1-6-19-40(33(43)39-24(2)3)23-37(44)16-13-31-35(37,5)15-12-30-34(4)14-11-26(41)21-36(34)17-18-38(30,31)27(22-36)32(42)29-20-25-9-7-8-10-28(25)45-29/h7-10,17-18,20,22,24,26,30-31,41,44H,6,11-16,19,21,23H2,1-5H3,(H,39,43)/t26?,30-,31-,34-,35+,36+,37-,38-/m1/s1. The molecule has 0 saturated heterocycles. The Morgan fingerprint density at radius 2 is 1.76 bits per heavy atom. The van der Waals surface area contributed by atoms with Gasteiger partial charge in [-0.25, -0.2) is 4.79 Å². The zero-order valence-corrected chi connectivity index (χ0v) is 28.4. The number of rotatable bonds is 7. The average Bonchev–Trinajstić information content (AvgIpc) is 3.54. The number of amides is 2. The van der Waals surface area contributed by atoms with E-state index < -0.39 is 16.4 Å². The summed E-state index contributed by atoms with van der Waals surface area (Å²) in [5.41, 5.74) is -1.57. The van der Waals surface area contributed by atoms with E-state index in [4.69, 9.17) is 0 Å². The first-order chi connectivity index (χ1) is 21.3. The number of benzene rings is 1. The number of allylic oxidation sites excluding steroid dienone is 4. The molecule has 8 atom stereocenters. The summed E-state index contributed by atoms with van der Waals surface area (Å²) in [5, 5.41) is 27.8. The summed E-state index contributed by atoms with van der Waals surface area (Å²) < 4.78 is 1.11. The van der Waals surface area contributed by atoms with E-state index in [0.717, 1.165) is 59.1 Å². The Hall–Kier alpha value is -2.48. The van der Waals surface area contributed by atoms with Crippen molar-refractivity contribution in [2.75, 3.05) is 13.1 Å². The minimum Gasteiger partial charge on any atom is -0.393 e. The number of Topliss-reactive ketones (excluding diaryl/α,β-unsaturated/α-hetero) is 1. The van der Waals surface area contributed by atoms with Crippen molar-refractivity contribution in [3.05, 3.63) is 59.0 Å². The fourth-order valence-corrected chi connectivity index (χ4v) is 12.0. The third-order valence-corrected chi connectivity index (χ3v) is 14.4. The van der Waals surface area contributed by atoms with Gasteiger partial charge in [-0.15, -0.1) is 11.3 Å². The first kappa shape index (κ1) is 31.1. The molecule has 2 aromatic rings. The first-order valence-corrected chi connectivity index (χ1v) is 18.1. The van der Waals surface area contributed by atoms with Crippen LogP contribution in [0.25, 0.3) is 10.1 Å². The second-order valence-corrected chi connectivity index (χ2v) is 16.9. The number of hydrogen-bond donors (Lipinski definition) is 3. The van der Waals surface area contributed by atoms with Crippen LogP contribution in [-0.4, -0.2) is 57.8 Å². The maximum Gasteiger partial charge on any atom is 0.317 e. The number of aliphatic hydroxyl groups is 2.